The van der Waals surface area contributed by atoms with Crippen LogP contribution in [0.25, 0.3) is 0 Å². The van der Waals surface area contributed by atoms with E-state index in [1.165, 1.54) is 0 Å². The van der Waals surface area contributed by atoms with Crippen LogP contribution in [0.1, 0.15) is 22.9 Å². The lowest BCUT2D eigenvalue weighted by Gasteiger charge is -1.87. The summed E-state index contributed by atoms with van der Waals surface area (Å²) in [5.41, 5.74) is 10.2. The molecule has 0 saturated carbocycles. The number of primary amides is 1. The highest BCUT2D eigenvalue weighted by molar-refractivity contribution is 5.88. The van der Waals surface area contributed by atoms with Crippen molar-refractivity contribution < 1.29 is 9.32 Å². The maximum absolute atomic E-state index is 10.5. The summed E-state index contributed by atoms with van der Waals surface area (Å²) in [5, 5.41) is 3.37. The van der Waals surface area contributed by atoms with Gasteiger partial charge in [0.1, 0.15) is 0 Å². The lowest BCUT2D eigenvalue weighted by atomic mass is 10.3. The zero-order chi connectivity index (χ0) is 8.97. The minimum atomic E-state index is -0.683. The minimum absolute atomic E-state index is 0.0815. The molecule has 1 aromatic heterocycles. The van der Waals surface area contributed by atoms with Gasteiger partial charge in [0, 0.05) is 6.42 Å². The Labute approximate surface area is 68.9 Å². The van der Waals surface area contributed by atoms with Crippen molar-refractivity contribution in [3.8, 4) is 0 Å². The third-order valence-corrected chi connectivity index (χ3v) is 1.28. The number of amides is 1. The highest BCUT2D eigenvalue weighted by Crippen LogP contribution is 1.99. The fourth-order valence-corrected chi connectivity index (χ4v) is 0.710. The maximum atomic E-state index is 10.5. The highest BCUT2D eigenvalue weighted by atomic mass is 16.5. The molecule has 0 aliphatic heterocycles. The molecule has 0 radical (unpaired) electrons. The summed E-state index contributed by atoms with van der Waals surface area (Å²) in [7, 11) is 0. The number of hydrogen-bond donors (Lipinski definition) is 2. The van der Waals surface area contributed by atoms with Gasteiger partial charge in [0.15, 0.2) is 0 Å². The zero-order valence-corrected chi connectivity index (χ0v) is 6.49. The van der Waals surface area contributed by atoms with Crippen LogP contribution in [-0.2, 0) is 6.42 Å². The standard InChI is InChI=1S/C6H10N4O2/c7-3-1-2-4-9-6(5(8)11)10-12-4/h1-3,7H2,(H2,8,11). The van der Waals surface area contributed by atoms with Crippen molar-refractivity contribution in [1.29, 1.82) is 0 Å². The fourth-order valence-electron chi connectivity index (χ4n) is 0.710. The molecule has 6 nitrogen and oxygen atoms in total. The normalized spacial score (nSPS) is 10.1. The molecule has 0 aliphatic rings. The van der Waals surface area contributed by atoms with E-state index in [0.717, 1.165) is 6.42 Å². The molecule has 1 rings (SSSR count). The lowest BCUT2D eigenvalue weighted by Crippen LogP contribution is -2.12. The van der Waals surface area contributed by atoms with E-state index in [4.69, 9.17) is 16.0 Å². The summed E-state index contributed by atoms with van der Waals surface area (Å²) in [6, 6.07) is 0. The summed E-state index contributed by atoms with van der Waals surface area (Å²) < 4.78 is 4.71. The van der Waals surface area contributed by atoms with Crippen molar-refractivity contribution in [3.63, 3.8) is 0 Å². The van der Waals surface area contributed by atoms with Gasteiger partial charge in [-0.3, -0.25) is 4.79 Å². The summed E-state index contributed by atoms with van der Waals surface area (Å²) in [5.74, 6) is -0.367. The number of nitrogens with zero attached hydrogens (tertiary/aromatic N) is 2. The van der Waals surface area contributed by atoms with E-state index in [0.29, 0.717) is 18.9 Å². The predicted octanol–water partition coefficient (Wildman–Crippen LogP) is -0.940. The van der Waals surface area contributed by atoms with Crippen LogP contribution in [0.4, 0.5) is 0 Å². The number of aryl methyl sites for hydroxylation is 1. The van der Waals surface area contributed by atoms with E-state index in [-0.39, 0.29) is 5.82 Å². The van der Waals surface area contributed by atoms with Crippen LogP contribution in [0.5, 0.6) is 0 Å². The number of hydrogen-bond acceptors (Lipinski definition) is 5. The Balaban J connectivity index is 2.58. The fraction of sp³-hybridized carbons (Fsp3) is 0.500. The largest absolute Gasteiger partial charge is 0.363 e. The van der Waals surface area contributed by atoms with E-state index in [1.54, 1.807) is 0 Å². The number of carbonyl (C=O) groups is 1. The van der Waals surface area contributed by atoms with E-state index in [2.05, 4.69) is 10.1 Å². The van der Waals surface area contributed by atoms with Crippen LogP contribution in [0.3, 0.4) is 0 Å². The van der Waals surface area contributed by atoms with Crippen molar-refractivity contribution in [1.82, 2.24) is 10.1 Å². The minimum Gasteiger partial charge on any atom is -0.363 e. The molecule has 0 unspecified atom stereocenters. The van der Waals surface area contributed by atoms with Gasteiger partial charge in [-0.2, -0.15) is 4.98 Å². The molecule has 0 fully saturated rings. The Morgan fingerprint density at radius 3 is 2.83 bits per heavy atom. The van der Waals surface area contributed by atoms with Crippen molar-refractivity contribution in [3.05, 3.63) is 11.7 Å². The molecule has 0 atom stereocenters. The average molecular weight is 170 g/mol. The Morgan fingerprint density at radius 1 is 1.58 bits per heavy atom. The van der Waals surface area contributed by atoms with Gasteiger partial charge in [0.25, 0.3) is 11.7 Å². The summed E-state index contributed by atoms with van der Waals surface area (Å²) >= 11 is 0. The Kier molecular flexibility index (Phi) is 2.76. The third-order valence-electron chi connectivity index (χ3n) is 1.28. The van der Waals surface area contributed by atoms with E-state index < -0.39 is 5.91 Å². The Hall–Kier alpha value is -1.43. The van der Waals surface area contributed by atoms with Crippen LogP contribution in [0.2, 0.25) is 0 Å². The molecule has 0 bridgehead atoms. The smallest absolute Gasteiger partial charge is 0.290 e. The zero-order valence-electron chi connectivity index (χ0n) is 6.49. The van der Waals surface area contributed by atoms with E-state index in [9.17, 15) is 4.79 Å². The summed E-state index contributed by atoms with van der Waals surface area (Å²) in [4.78, 5) is 14.2. The SMILES string of the molecule is NCCCc1nc(C(N)=O)no1. The van der Waals surface area contributed by atoms with E-state index >= 15 is 0 Å². The molecule has 0 spiro atoms. The Bertz CT molecular complexity index is 270. The van der Waals surface area contributed by atoms with Gasteiger partial charge in [0.05, 0.1) is 0 Å². The van der Waals surface area contributed by atoms with Crippen molar-refractivity contribution in [2.24, 2.45) is 11.5 Å². The molecule has 12 heavy (non-hydrogen) atoms. The van der Waals surface area contributed by atoms with E-state index in [1.807, 2.05) is 0 Å². The molecule has 6 heteroatoms. The number of rotatable bonds is 4. The predicted molar refractivity (Wildman–Crippen MR) is 40.2 cm³/mol. The first-order valence-corrected chi connectivity index (χ1v) is 3.56. The second-order valence-electron chi connectivity index (χ2n) is 2.27. The molecule has 1 heterocycles. The Morgan fingerprint density at radius 2 is 2.33 bits per heavy atom. The van der Waals surface area contributed by atoms with Crippen molar-refractivity contribution >= 4 is 5.91 Å². The third kappa shape index (κ3) is 2.03. The second-order valence-corrected chi connectivity index (χ2v) is 2.27. The van der Waals surface area contributed by atoms with Gasteiger partial charge in [-0.25, -0.2) is 0 Å². The monoisotopic (exact) mass is 170 g/mol. The number of carbonyl (C=O) groups excluding carboxylic acids is 1. The molecular weight excluding hydrogens is 160 g/mol. The molecule has 4 N–H and O–H groups in total. The summed E-state index contributed by atoms with van der Waals surface area (Å²) in [6.07, 6.45) is 1.33. The van der Waals surface area contributed by atoms with Gasteiger partial charge >= 0.3 is 0 Å². The molecule has 0 saturated heterocycles. The number of nitrogens with two attached hydrogens (primary N) is 2. The first-order chi connectivity index (χ1) is 5.74. The van der Waals surface area contributed by atoms with Crippen LogP contribution in [0.15, 0.2) is 4.52 Å². The van der Waals surface area contributed by atoms with Crippen molar-refractivity contribution in [2.75, 3.05) is 6.54 Å². The highest BCUT2D eigenvalue weighted by Gasteiger charge is 2.09. The van der Waals surface area contributed by atoms with Crippen LogP contribution in [-0.4, -0.2) is 22.6 Å². The molecule has 1 amide bonds. The molecule has 1 aromatic rings. The molecular formula is C6H10N4O2. The molecule has 0 aliphatic carbocycles. The van der Waals surface area contributed by atoms with Gasteiger partial charge < -0.3 is 16.0 Å². The first-order valence-electron chi connectivity index (χ1n) is 3.56. The first kappa shape index (κ1) is 8.66. The van der Waals surface area contributed by atoms with Crippen molar-refractivity contribution in [2.45, 2.75) is 12.8 Å². The van der Waals surface area contributed by atoms with Crippen LogP contribution >= 0.6 is 0 Å². The van der Waals surface area contributed by atoms with Crippen LogP contribution < -0.4 is 11.5 Å². The maximum Gasteiger partial charge on any atom is 0.290 e. The lowest BCUT2D eigenvalue weighted by molar-refractivity contribution is 0.0987. The average Bonchev–Trinajstić information content (AvgIpc) is 2.48. The topological polar surface area (TPSA) is 108 Å². The number of aromatic nitrogens is 2. The van der Waals surface area contributed by atoms with Gasteiger partial charge in [-0.15, -0.1) is 0 Å². The van der Waals surface area contributed by atoms with Gasteiger partial charge in [-0.1, -0.05) is 5.16 Å². The van der Waals surface area contributed by atoms with Crippen LogP contribution in [0, 0.1) is 0 Å². The van der Waals surface area contributed by atoms with Gasteiger partial charge in [0.2, 0.25) is 5.89 Å². The summed E-state index contributed by atoms with van der Waals surface area (Å²) in [6.45, 7) is 0.550. The van der Waals surface area contributed by atoms with Gasteiger partial charge in [-0.05, 0) is 13.0 Å². The molecule has 0 aromatic carbocycles. The quantitative estimate of drug-likeness (QED) is 0.606. The molecule has 66 valence electrons. The second kappa shape index (κ2) is 3.82.